The molecule has 1 aromatic heterocycles. The second-order valence-corrected chi connectivity index (χ2v) is 9.81. The van der Waals surface area contributed by atoms with Crippen LogP contribution >= 0.6 is 0 Å². The molecule has 0 aliphatic carbocycles. The third-order valence-corrected chi connectivity index (χ3v) is 6.86. The number of hydrogen-bond donors (Lipinski definition) is 3. The first-order valence-corrected chi connectivity index (χ1v) is 13.7. The molecule has 204 valence electrons. The first kappa shape index (κ1) is 26.9. The van der Waals surface area contributed by atoms with E-state index >= 15 is 0 Å². The Labute approximate surface area is 234 Å². The number of benzene rings is 3. The van der Waals surface area contributed by atoms with E-state index in [9.17, 15) is 4.79 Å². The predicted molar refractivity (Wildman–Crippen MR) is 163 cm³/mol. The van der Waals surface area contributed by atoms with E-state index in [2.05, 4.69) is 47.1 Å². The lowest BCUT2D eigenvalue weighted by molar-refractivity contribution is 0.102. The second-order valence-electron chi connectivity index (χ2n) is 9.81. The summed E-state index contributed by atoms with van der Waals surface area (Å²) in [4.78, 5) is 24.1. The van der Waals surface area contributed by atoms with Crippen LogP contribution in [-0.4, -0.2) is 34.0 Å². The number of rotatable bonds is 8. The first-order chi connectivity index (χ1) is 19.5. The molecule has 0 saturated heterocycles. The number of para-hydroxylation sites is 1. The maximum absolute atomic E-state index is 12.9. The van der Waals surface area contributed by atoms with Gasteiger partial charge in [-0.05, 0) is 66.9 Å². The molecular formula is C32H35N7O. The maximum atomic E-state index is 12.9. The topological polar surface area (TPSA) is 114 Å². The molecule has 8 nitrogen and oxygen atoms in total. The Morgan fingerprint density at radius 1 is 0.950 bits per heavy atom. The Morgan fingerprint density at radius 3 is 2.40 bits per heavy atom. The van der Waals surface area contributed by atoms with E-state index in [4.69, 9.17) is 16.5 Å². The van der Waals surface area contributed by atoms with Crippen LogP contribution < -0.4 is 22.1 Å². The van der Waals surface area contributed by atoms with Gasteiger partial charge in [-0.2, -0.15) is 0 Å². The molecule has 0 spiro atoms. The highest BCUT2D eigenvalue weighted by atomic mass is 16.1. The zero-order valence-electron chi connectivity index (χ0n) is 22.9. The molecule has 4 aromatic rings. The fourth-order valence-electron chi connectivity index (χ4n) is 4.84. The molecule has 3 aromatic carbocycles. The van der Waals surface area contributed by atoms with Crippen LogP contribution in [0.5, 0.6) is 0 Å². The lowest BCUT2D eigenvalue weighted by Crippen LogP contribution is -2.42. The van der Waals surface area contributed by atoms with Crippen molar-refractivity contribution in [2.24, 2.45) is 21.5 Å². The minimum absolute atomic E-state index is 0.192. The van der Waals surface area contributed by atoms with E-state index in [1.165, 1.54) is 0 Å². The Bertz CT molecular complexity index is 1630. The van der Waals surface area contributed by atoms with Crippen molar-refractivity contribution in [2.45, 2.75) is 39.5 Å². The fourth-order valence-corrected chi connectivity index (χ4v) is 4.84. The van der Waals surface area contributed by atoms with Crippen LogP contribution in [0.25, 0.3) is 16.5 Å². The van der Waals surface area contributed by atoms with Crippen molar-refractivity contribution in [3.63, 3.8) is 0 Å². The van der Waals surface area contributed by atoms with Crippen LogP contribution in [-0.2, 0) is 6.54 Å². The number of amides is 1. The van der Waals surface area contributed by atoms with Gasteiger partial charge in [-0.1, -0.05) is 44.2 Å². The molecule has 0 bridgehead atoms. The van der Waals surface area contributed by atoms with E-state index in [-0.39, 0.29) is 5.91 Å². The Hall–Kier alpha value is -4.69. The molecule has 1 aliphatic heterocycles. The average molecular weight is 534 g/mol. The fraction of sp³-hybridized carbons (Fsp3) is 0.219. The van der Waals surface area contributed by atoms with Crippen molar-refractivity contribution in [3.05, 3.63) is 108 Å². The number of aliphatic imine (C=N–C) groups is 1. The number of nitrogens with two attached hydrogens (primary N) is 2. The molecule has 1 unspecified atom stereocenters. The molecule has 1 aliphatic rings. The van der Waals surface area contributed by atoms with Gasteiger partial charge in [0.1, 0.15) is 5.84 Å². The maximum Gasteiger partial charge on any atom is 0.255 e. The van der Waals surface area contributed by atoms with Gasteiger partial charge in [0.2, 0.25) is 0 Å². The third kappa shape index (κ3) is 5.82. The highest BCUT2D eigenvalue weighted by Crippen LogP contribution is 2.23. The Kier molecular flexibility index (Phi) is 8.07. The highest BCUT2D eigenvalue weighted by molar-refractivity contribution is 6.22. The van der Waals surface area contributed by atoms with Gasteiger partial charge < -0.3 is 20.5 Å². The van der Waals surface area contributed by atoms with Crippen LogP contribution in [0.4, 0.5) is 11.4 Å². The van der Waals surface area contributed by atoms with Gasteiger partial charge in [0.25, 0.3) is 5.91 Å². The van der Waals surface area contributed by atoms with Crippen LogP contribution in [0, 0.1) is 0 Å². The molecule has 5 rings (SSSR count). The summed E-state index contributed by atoms with van der Waals surface area (Å²) in [5.41, 5.74) is 17.1. The van der Waals surface area contributed by atoms with E-state index in [0.717, 1.165) is 59.0 Å². The summed E-state index contributed by atoms with van der Waals surface area (Å²) in [6.07, 6.45) is 5.59. The third-order valence-electron chi connectivity index (χ3n) is 6.86. The summed E-state index contributed by atoms with van der Waals surface area (Å²) in [6, 6.07) is 25.2. The van der Waals surface area contributed by atoms with Crippen LogP contribution in [0.1, 0.15) is 42.6 Å². The molecule has 40 heavy (non-hydrogen) atoms. The lowest BCUT2D eigenvalue weighted by Gasteiger charge is -2.29. The normalized spacial score (nSPS) is 15.6. The van der Waals surface area contributed by atoms with Gasteiger partial charge in [-0.15, -0.1) is 0 Å². The molecule has 2 heterocycles. The van der Waals surface area contributed by atoms with Gasteiger partial charge in [0.15, 0.2) is 6.29 Å². The summed E-state index contributed by atoms with van der Waals surface area (Å²) in [5.74, 6) is 0.217. The monoisotopic (exact) mass is 533 g/mol. The van der Waals surface area contributed by atoms with Gasteiger partial charge in [-0.25, -0.2) is 9.98 Å². The predicted octanol–water partition coefficient (Wildman–Crippen LogP) is 5.20. The first-order valence-electron chi connectivity index (χ1n) is 13.7. The van der Waals surface area contributed by atoms with Crippen molar-refractivity contribution in [3.8, 4) is 0 Å². The molecule has 1 amide bonds. The second kappa shape index (κ2) is 12.0. The van der Waals surface area contributed by atoms with Crippen molar-refractivity contribution in [2.75, 3.05) is 11.9 Å². The molecule has 8 heteroatoms. The quantitative estimate of drug-likeness (QED) is 0.289. The zero-order chi connectivity index (χ0) is 28.1. The van der Waals surface area contributed by atoms with Crippen LogP contribution in [0.3, 0.4) is 0 Å². The number of aryl methyl sites for hydroxylation is 1. The number of aromatic nitrogens is 1. The SMILES string of the molecule is CCCN1C=C(c2ccc(NC(=O)c3ccc(N=c4ccn(CCC)c5ccccc45)cc3)cc2)C(N)=NC1N. The molecule has 5 N–H and O–H groups in total. The number of nitrogens with one attached hydrogen (secondary N) is 1. The number of carbonyl (C=O) groups is 1. The average Bonchev–Trinajstić information content (AvgIpc) is 2.97. The summed E-state index contributed by atoms with van der Waals surface area (Å²) in [6.45, 7) is 6.02. The minimum atomic E-state index is -0.467. The number of anilines is 1. The summed E-state index contributed by atoms with van der Waals surface area (Å²) in [5, 5.41) is 4.96. The lowest BCUT2D eigenvalue weighted by atomic mass is 10.0. The minimum Gasteiger partial charge on any atom is -0.383 e. The zero-order valence-corrected chi connectivity index (χ0v) is 22.9. The summed E-state index contributed by atoms with van der Waals surface area (Å²) >= 11 is 0. The van der Waals surface area contributed by atoms with Crippen molar-refractivity contribution < 1.29 is 4.79 Å². The Balaban J connectivity index is 1.30. The van der Waals surface area contributed by atoms with Crippen molar-refractivity contribution >= 4 is 39.6 Å². The molecular weight excluding hydrogens is 498 g/mol. The number of hydrogen-bond acceptors (Lipinski definition) is 6. The number of fused-ring (bicyclic) bond motifs is 1. The molecule has 1 atom stereocenters. The molecule has 0 radical (unpaired) electrons. The van der Waals surface area contributed by atoms with Crippen molar-refractivity contribution in [1.82, 2.24) is 9.47 Å². The molecule has 0 saturated carbocycles. The van der Waals surface area contributed by atoms with Crippen molar-refractivity contribution in [1.29, 1.82) is 0 Å². The summed E-state index contributed by atoms with van der Waals surface area (Å²) < 4.78 is 2.25. The molecule has 0 fully saturated rings. The standard InChI is InChI=1S/C32H35N7O/c1-3-18-38-20-17-28(26-7-5-6-8-29(26)38)35-24-15-11-23(12-16-24)31(40)36-25-13-9-22(10-14-25)27-21-39(19-4-2)32(34)37-30(27)33/h5-17,20-21,32H,3-4,18-19,34H2,1-2H3,(H2,33,37)(H,36,40). The van der Waals surface area contributed by atoms with E-state index in [1.54, 1.807) is 12.1 Å². The number of amidine groups is 1. The van der Waals surface area contributed by atoms with Crippen LogP contribution in [0.2, 0.25) is 0 Å². The van der Waals surface area contributed by atoms with Gasteiger partial charge in [0.05, 0.1) is 16.6 Å². The van der Waals surface area contributed by atoms with Crippen LogP contribution in [0.15, 0.2) is 101 Å². The van der Waals surface area contributed by atoms with Gasteiger partial charge in [-0.3, -0.25) is 10.5 Å². The smallest absolute Gasteiger partial charge is 0.255 e. The number of nitrogens with zero attached hydrogens (tertiary/aromatic N) is 4. The highest BCUT2D eigenvalue weighted by Gasteiger charge is 2.19. The Morgan fingerprint density at radius 2 is 1.68 bits per heavy atom. The number of carbonyl (C=O) groups excluding carboxylic acids is 1. The van der Waals surface area contributed by atoms with E-state index in [1.807, 2.05) is 65.7 Å². The van der Waals surface area contributed by atoms with Gasteiger partial charge in [0, 0.05) is 47.7 Å². The largest absolute Gasteiger partial charge is 0.383 e. The van der Waals surface area contributed by atoms with E-state index in [0.29, 0.717) is 17.1 Å². The van der Waals surface area contributed by atoms with Gasteiger partial charge >= 0.3 is 0 Å². The van der Waals surface area contributed by atoms with E-state index < -0.39 is 6.29 Å². The summed E-state index contributed by atoms with van der Waals surface area (Å²) in [7, 11) is 0. The number of pyridine rings is 1.